The molecule has 110 valence electrons. The summed E-state index contributed by atoms with van der Waals surface area (Å²) in [4.78, 5) is 36.3. The summed E-state index contributed by atoms with van der Waals surface area (Å²) in [5.74, 6) is -1.50. The van der Waals surface area contributed by atoms with Crippen molar-refractivity contribution in [3.8, 4) is 0 Å². The average molecular weight is 299 g/mol. The van der Waals surface area contributed by atoms with Crippen LogP contribution in [0, 0.1) is 5.92 Å². The molecule has 0 aliphatic carbocycles. The number of fused-ring (bicyclic) bond motifs is 1. The lowest BCUT2D eigenvalue weighted by atomic mass is 9.92. The van der Waals surface area contributed by atoms with Crippen molar-refractivity contribution in [2.75, 3.05) is 6.61 Å². The van der Waals surface area contributed by atoms with Gasteiger partial charge in [-0.25, -0.2) is 4.79 Å². The number of hydrogen-bond acceptors (Lipinski definition) is 6. The molecule has 0 aromatic rings. The summed E-state index contributed by atoms with van der Waals surface area (Å²) < 4.78 is 10.1. The van der Waals surface area contributed by atoms with Gasteiger partial charge in [-0.1, -0.05) is 6.92 Å². The molecule has 0 aromatic heterocycles. The van der Waals surface area contributed by atoms with E-state index in [0.717, 1.165) is 6.42 Å². The predicted octanol–water partition coefficient (Wildman–Crippen LogP) is 1.26. The molecule has 7 heteroatoms. The fourth-order valence-electron chi connectivity index (χ4n) is 2.26. The lowest BCUT2D eigenvalue weighted by Gasteiger charge is -2.44. The molecule has 2 aliphatic heterocycles. The zero-order chi connectivity index (χ0) is 14.9. The highest BCUT2D eigenvalue weighted by Gasteiger charge is 2.56. The minimum Gasteiger partial charge on any atom is -0.462 e. The normalized spacial score (nSPS) is 25.4. The van der Waals surface area contributed by atoms with Crippen LogP contribution in [-0.2, 0) is 23.9 Å². The Kier molecular flexibility index (Phi) is 4.37. The van der Waals surface area contributed by atoms with E-state index in [1.165, 1.54) is 23.6 Å². The van der Waals surface area contributed by atoms with Crippen molar-refractivity contribution < 1.29 is 23.9 Å². The van der Waals surface area contributed by atoms with Crippen LogP contribution >= 0.6 is 11.8 Å². The Morgan fingerprint density at radius 3 is 2.80 bits per heavy atom. The summed E-state index contributed by atoms with van der Waals surface area (Å²) in [5.41, 5.74) is 0.282. The number of carbonyl (C=O) groups excluding carboxylic acids is 3. The van der Waals surface area contributed by atoms with Gasteiger partial charge in [0.15, 0.2) is 0 Å². The van der Waals surface area contributed by atoms with E-state index in [1.54, 1.807) is 12.3 Å². The van der Waals surface area contributed by atoms with E-state index in [0.29, 0.717) is 6.61 Å². The largest absolute Gasteiger partial charge is 0.462 e. The van der Waals surface area contributed by atoms with Crippen LogP contribution in [0.1, 0.15) is 27.2 Å². The van der Waals surface area contributed by atoms with E-state index in [-0.39, 0.29) is 17.0 Å². The molecule has 0 bridgehead atoms. The smallest absolute Gasteiger partial charge is 0.355 e. The third-order valence-electron chi connectivity index (χ3n) is 3.17. The Morgan fingerprint density at radius 1 is 1.50 bits per heavy atom. The van der Waals surface area contributed by atoms with Crippen molar-refractivity contribution >= 4 is 29.6 Å². The number of carbonyl (C=O) groups is 3. The first kappa shape index (κ1) is 14.9. The molecule has 1 amide bonds. The number of esters is 2. The van der Waals surface area contributed by atoms with Crippen LogP contribution in [0.3, 0.4) is 0 Å². The molecule has 2 rings (SSSR count). The molecular formula is C13H17NO5S. The number of β-lactam (4-membered cyclic amide) rings is 1. The number of hydrogen-bond donors (Lipinski definition) is 0. The fourth-order valence-corrected chi connectivity index (χ4v) is 3.59. The molecule has 3 atom stereocenters. The molecule has 1 fully saturated rings. The van der Waals surface area contributed by atoms with Gasteiger partial charge >= 0.3 is 11.9 Å². The van der Waals surface area contributed by atoms with Crippen LogP contribution in [0.2, 0.25) is 0 Å². The maximum absolute atomic E-state index is 12.1. The first-order valence-corrected chi connectivity index (χ1v) is 7.44. The molecule has 0 unspecified atom stereocenters. The van der Waals surface area contributed by atoms with Crippen LogP contribution in [-0.4, -0.2) is 40.8 Å². The summed E-state index contributed by atoms with van der Waals surface area (Å²) in [6.45, 7) is 5.24. The van der Waals surface area contributed by atoms with Crippen LogP contribution in [0.15, 0.2) is 11.1 Å². The third kappa shape index (κ3) is 2.54. The molecular weight excluding hydrogens is 282 g/mol. The number of amides is 1. The van der Waals surface area contributed by atoms with E-state index < -0.39 is 24.0 Å². The Hall–Kier alpha value is -1.50. The summed E-state index contributed by atoms with van der Waals surface area (Å²) in [6.07, 6.45) is 0.239. The van der Waals surface area contributed by atoms with Gasteiger partial charge < -0.3 is 9.47 Å². The summed E-state index contributed by atoms with van der Waals surface area (Å²) in [7, 11) is 0. The van der Waals surface area contributed by atoms with Gasteiger partial charge in [0.05, 0.1) is 6.61 Å². The van der Waals surface area contributed by atoms with E-state index in [9.17, 15) is 14.4 Å². The Morgan fingerprint density at radius 2 is 2.20 bits per heavy atom. The zero-order valence-corrected chi connectivity index (χ0v) is 12.4. The van der Waals surface area contributed by atoms with Crippen LogP contribution in [0.25, 0.3) is 0 Å². The second-order valence-electron chi connectivity index (χ2n) is 4.71. The minimum absolute atomic E-state index is 0.180. The molecule has 1 saturated heterocycles. The maximum Gasteiger partial charge on any atom is 0.355 e. The van der Waals surface area contributed by atoms with Crippen molar-refractivity contribution in [1.82, 2.24) is 4.90 Å². The summed E-state index contributed by atoms with van der Waals surface area (Å²) >= 11 is 1.38. The van der Waals surface area contributed by atoms with Crippen molar-refractivity contribution in [1.29, 1.82) is 0 Å². The molecule has 0 N–H and O–H groups in total. The molecule has 2 heterocycles. The first-order valence-electron chi connectivity index (χ1n) is 6.50. The van der Waals surface area contributed by atoms with Crippen molar-refractivity contribution in [2.24, 2.45) is 5.92 Å². The van der Waals surface area contributed by atoms with Crippen molar-refractivity contribution in [3.63, 3.8) is 0 Å². The lowest BCUT2D eigenvalue weighted by Crippen LogP contribution is -2.61. The SMILES string of the molecule is CCCOC(=O)C1=CS[C@H]2[C@@H]([C@@H](C)OC(C)=O)C(=O)N12. The van der Waals surface area contributed by atoms with E-state index >= 15 is 0 Å². The minimum atomic E-state index is -0.492. The molecule has 0 aromatic carbocycles. The van der Waals surface area contributed by atoms with Crippen molar-refractivity contribution in [2.45, 2.75) is 38.7 Å². The molecule has 0 radical (unpaired) electrons. The first-order chi connectivity index (χ1) is 9.47. The van der Waals surface area contributed by atoms with Gasteiger partial charge in [0.2, 0.25) is 5.91 Å². The van der Waals surface area contributed by atoms with Crippen LogP contribution in [0.5, 0.6) is 0 Å². The van der Waals surface area contributed by atoms with Gasteiger partial charge in [0.25, 0.3) is 0 Å². The quantitative estimate of drug-likeness (QED) is 0.562. The van der Waals surface area contributed by atoms with Gasteiger partial charge in [0, 0.05) is 12.3 Å². The van der Waals surface area contributed by atoms with Gasteiger partial charge in [-0.2, -0.15) is 0 Å². The van der Waals surface area contributed by atoms with E-state index in [4.69, 9.17) is 9.47 Å². The second-order valence-corrected chi connectivity index (χ2v) is 5.71. The fraction of sp³-hybridized carbons (Fsp3) is 0.615. The van der Waals surface area contributed by atoms with Gasteiger partial charge in [-0.15, -0.1) is 11.8 Å². The van der Waals surface area contributed by atoms with E-state index in [2.05, 4.69) is 0 Å². The topological polar surface area (TPSA) is 72.9 Å². The third-order valence-corrected chi connectivity index (χ3v) is 4.31. The van der Waals surface area contributed by atoms with Crippen LogP contribution in [0.4, 0.5) is 0 Å². The number of ether oxygens (including phenoxy) is 2. The molecule has 6 nitrogen and oxygen atoms in total. The maximum atomic E-state index is 12.1. The number of thioether (sulfide) groups is 1. The molecule has 2 aliphatic rings. The van der Waals surface area contributed by atoms with Gasteiger partial charge in [0.1, 0.15) is 23.1 Å². The summed E-state index contributed by atoms with van der Waals surface area (Å²) in [5, 5.41) is 1.46. The number of nitrogens with zero attached hydrogens (tertiary/aromatic N) is 1. The predicted molar refractivity (Wildman–Crippen MR) is 72.3 cm³/mol. The lowest BCUT2D eigenvalue weighted by molar-refractivity contribution is -0.166. The van der Waals surface area contributed by atoms with E-state index in [1.807, 2.05) is 6.92 Å². The second kappa shape index (κ2) is 5.87. The monoisotopic (exact) mass is 299 g/mol. The highest BCUT2D eigenvalue weighted by Crippen LogP contribution is 2.46. The van der Waals surface area contributed by atoms with Crippen molar-refractivity contribution in [3.05, 3.63) is 11.1 Å². The Labute approximate surface area is 121 Å². The Bertz CT molecular complexity index is 475. The highest BCUT2D eigenvalue weighted by atomic mass is 32.2. The summed E-state index contributed by atoms with van der Waals surface area (Å²) in [6, 6.07) is 0. The van der Waals surface area contributed by atoms with Gasteiger partial charge in [-0.05, 0) is 13.3 Å². The molecule has 20 heavy (non-hydrogen) atoms. The number of rotatable bonds is 5. The average Bonchev–Trinajstić information content (AvgIpc) is 2.74. The standard InChI is InChI=1S/C13H17NO5S/c1-4-5-18-13(17)9-6-20-12-10(11(16)14(9)12)7(2)19-8(3)15/h6-7,10,12H,4-5H2,1-3H3/t7-,10+,12+/m1/s1. The molecule has 0 spiro atoms. The molecule has 0 saturated carbocycles. The Balaban J connectivity index is 1.98. The highest BCUT2D eigenvalue weighted by molar-refractivity contribution is 8.03. The van der Waals surface area contributed by atoms with Gasteiger partial charge in [-0.3, -0.25) is 14.5 Å². The van der Waals surface area contributed by atoms with Crippen LogP contribution < -0.4 is 0 Å². The zero-order valence-electron chi connectivity index (χ0n) is 11.6.